The number of hydrogen-bond acceptors (Lipinski definition) is 4. The molecule has 0 spiro atoms. The molecule has 4 aromatic rings. The second-order valence-electron chi connectivity index (χ2n) is 6.64. The monoisotopic (exact) mass is 397 g/mol. The molecule has 1 aliphatic heterocycles. The number of aromatic nitrogens is 1. The summed E-state index contributed by atoms with van der Waals surface area (Å²) in [5, 5.41) is 0. The summed E-state index contributed by atoms with van der Waals surface area (Å²) in [7, 11) is 0. The Morgan fingerprint density at radius 2 is 1.41 bits per heavy atom. The highest BCUT2D eigenvalue weighted by Crippen LogP contribution is 2.36. The predicted molar refractivity (Wildman–Crippen MR) is 101 cm³/mol. The van der Waals surface area contributed by atoms with Gasteiger partial charge < -0.3 is 13.9 Å². The van der Waals surface area contributed by atoms with Gasteiger partial charge in [-0.05, 0) is 53.6 Å². The average molecular weight is 397 g/mol. The maximum Gasteiger partial charge on any atom is 0.416 e. The van der Waals surface area contributed by atoms with Gasteiger partial charge in [-0.3, -0.25) is 0 Å². The molecule has 0 radical (unpaired) electrons. The van der Waals surface area contributed by atoms with Gasteiger partial charge in [0.1, 0.15) is 18.7 Å². The second kappa shape index (κ2) is 6.55. The first-order valence-corrected chi connectivity index (χ1v) is 8.96. The van der Waals surface area contributed by atoms with E-state index in [9.17, 15) is 13.2 Å². The molecule has 29 heavy (non-hydrogen) atoms. The summed E-state index contributed by atoms with van der Waals surface area (Å²) in [4.78, 5) is 4.50. The lowest BCUT2D eigenvalue weighted by Gasteiger charge is -2.18. The third kappa shape index (κ3) is 3.29. The van der Waals surface area contributed by atoms with E-state index in [1.807, 2.05) is 18.2 Å². The molecule has 4 nitrogen and oxygen atoms in total. The molecule has 0 unspecified atom stereocenters. The first kappa shape index (κ1) is 17.6. The fourth-order valence-corrected chi connectivity index (χ4v) is 3.26. The zero-order valence-corrected chi connectivity index (χ0v) is 15.0. The molecular weight excluding hydrogens is 383 g/mol. The Balaban J connectivity index is 1.49. The van der Waals surface area contributed by atoms with Crippen LogP contribution in [0.1, 0.15) is 5.56 Å². The minimum atomic E-state index is -4.36. The SMILES string of the molecule is FC(F)(F)c1ccc(-c2ccc3nc(-c4ccc5c(c4)OCCO5)oc3c2)cc1. The molecule has 0 fully saturated rings. The predicted octanol–water partition coefficient (Wildman–Crippen LogP) is 5.95. The van der Waals surface area contributed by atoms with Gasteiger partial charge in [0.15, 0.2) is 17.1 Å². The molecule has 0 atom stereocenters. The lowest BCUT2D eigenvalue weighted by atomic mass is 10.0. The van der Waals surface area contributed by atoms with Crippen molar-refractivity contribution in [3.63, 3.8) is 0 Å². The highest BCUT2D eigenvalue weighted by molar-refractivity contribution is 5.82. The number of hydrogen-bond donors (Lipinski definition) is 0. The third-order valence-corrected chi connectivity index (χ3v) is 4.72. The summed E-state index contributed by atoms with van der Waals surface area (Å²) in [6, 6.07) is 15.9. The van der Waals surface area contributed by atoms with Crippen LogP contribution in [-0.2, 0) is 6.18 Å². The van der Waals surface area contributed by atoms with E-state index >= 15 is 0 Å². The van der Waals surface area contributed by atoms with E-state index in [1.54, 1.807) is 18.2 Å². The lowest BCUT2D eigenvalue weighted by molar-refractivity contribution is -0.137. The molecule has 1 aromatic heterocycles. The summed E-state index contributed by atoms with van der Waals surface area (Å²) in [6.45, 7) is 1.00. The summed E-state index contributed by atoms with van der Waals surface area (Å²) >= 11 is 0. The Hall–Kier alpha value is -3.48. The highest BCUT2D eigenvalue weighted by atomic mass is 19.4. The van der Waals surface area contributed by atoms with E-state index in [0.717, 1.165) is 23.3 Å². The molecule has 1 aliphatic rings. The van der Waals surface area contributed by atoms with Crippen molar-refractivity contribution in [2.45, 2.75) is 6.18 Å². The summed E-state index contributed by atoms with van der Waals surface area (Å²) in [5.41, 5.74) is 2.69. The van der Waals surface area contributed by atoms with E-state index in [4.69, 9.17) is 13.9 Å². The minimum absolute atomic E-state index is 0.432. The minimum Gasteiger partial charge on any atom is -0.486 e. The number of nitrogens with zero attached hydrogens (tertiary/aromatic N) is 1. The van der Waals surface area contributed by atoms with Gasteiger partial charge in [-0.2, -0.15) is 13.2 Å². The van der Waals surface area contributed by atoms with Crippen LogP contribution in [0.3, 0.4) is 0 Å². The van der Waals surface area contributed by atoms with Gasteiger partial charge in [-0.15, -0.1) is 0 Å². The number of rotatable bonds is 2. The standard InChI is InChI=1S/C22H14F3NO3/c23-22(24,25)16-5-1-13(2-6-16)14-3-7-17-19(11-14)29-21(26-17)15-4-8-18-20(12-15)28-10-9-27-18/h1-8,11-12H,9-10H2. The lowest BCUT2D eigenvalue weighted by Crippen LogP contribution is -2.15. The maximum atomic E-state index is 12.8. The first-order valence-electron chi connectivity index (χ1n) is 8.96. The first-order chi connectivity index (χ1) is 14.0. The van der Waals surface area contributed by atoms with Crippen molar-refractivity contribution in [2.24, 2.45) is 0 Å². The van der Waals surface area contributed by atoms with Gasteiger partial charge >= 0.3 is 6.18 Å². The smallest absolute Gasteiger partial charge is 0.416 e. The molecule has 0 aliphatic carbocycles. The highest BCUT2D eigenvalue weighted by Gasteiger charge is 2.30. The van der Waals surface area contributed by atoms with Gasteiger partial charge in [0.2, 0.25) is 5.89 Å². The molecule has 3 aromatic carbocycles. The van der Waals surface area contributed by atoms with Crippen molar-refractivity contribution in [1.29, 1.82) is 0 Å². The molecule has 0 amide bonds. The zero-order valence-electron chi connectivity index (χ0n) is 15.0. The molecule has 0 saturated heterocycles. The fourth-order valence-electron chi connectivity index (χ4n) is 3.26. The van der Waals surface area contributed by atoms with Gasteiger partial charge in [0.25, 0.3) is 0 Å². The van der Waals surface area contributed by atoms with E-state index in [0.29, 0.717) is 47.3 Å². The third-order valence-electron chi connectivity index (χ3n) is 4.72. The summed E-state index contributed by atoms with van der Waals surface area (Å²) < 4.78 is 55.3. The van der Waals surface area contributed by atoms with Crippen LogP contribution < -0.4 is 9.47 Å². The Bertz CT molecular complexity index is 1200. The topological polar surface area (TPSA) is 44.5 Å². The van der Waals surface area contributed by atoms with Crippen LogP contribution in [0.25, 0.3) is 33.7 Å². The summed E-state index contributed by atoms with van der Waals surface area (Å²) in [5.74, 6) is 1.75. The quantitative estimate of drug-likeness (QED) is 0.419. The van der Waals surface area contributed by atoms with E-state index in [2.05, 4.69) is 4.98 Å². The Labute approximate surface area is 163 Å². The van der Waals surface area contributed by atoms with Crippen molar-refractivity contribution in [1.82, 2.24) is 4.98 Å². The molecule has 146 valence electrons. The van der Waals surface area contributed by atoms with Gasteiger partial charge in [0, 0.05) is 5.56 Å². The number of halogens is 3. The van der Waals surface area contributed by atoms with E-state index < -0.39 is 11.7 Å². The van der Waals surface area contributed by atoms with Crippen LogP contribution in [0.4, 0.5) is 13.2 Å². The largest absolute Gasteiger partial charge is 0.486 e. The Morgan fingerprint density at radius 3 is 2.17 bits per heavy atom. The fraction of sp³-hybridized carbons (Fsp3) is 0.136. The zero-order chi connectivity index (χ0) is 20.0. The van der Waals surface area contributed by atoms with Crippen molar-refractivity contribution in [2.75, 3.05) is 13.2 Å². The molecule has 0 N–H and O–H groups in total. The number of ether oxygens (including phenoxy) is 2. The van der Waals surface area contributed by atoms with E-state index in [1.165, 1.54) is 12.1 Å². The van der Waals surface area contributed by atoms with Crippen LogP contribution in [0, 0.1) is 0 Å². The van der Waals surface area contributed by atoms with Crippen molar-refractivity contribution in [3.8, 4) is 34.1 Å². The average Bonchev–Trinajstić information content (AvgIpc) is 3.16. The maximum absolute atomic E-state index is 12.8. The normalized spacial score (nSPS) is 13.6. The summed E-state index contributed by atoms with van der Waals surface area (Å²) in [6.07, 6.45) is -4.36. The van der Waals surface area contributed by atoms with Gasteiger partial charge in [-0.1, -0.05) is 18.2 Å². The van der Waals surface area contributed by atoms with Crippen LogP contribution in [0.15, 0.2) is 65.1 Å². The van der Waals surface area contributed by atoms with Gasteiger partial charge in [0.05, 0.1) is 5.56 Å². The van der Waals surface area contributed by atoms with Crippen molar-refractivity contribution >= 4 is 11.1 Å². The molecule has 0 bridgehead atoms. The number of fused-ring (bicyclic) bond motifs is 2. The number of benzene rings is 3. The number of oxazole rings is 1. The van der Waals surface area contributed by atoms with Crippen LogP contribution in [0.2, 0.25) is 0 Å². The Kier molecular flexibility index (Phi) is 3.97. The van der Waals surface area contributed by atoms with Crippen LogP contribution in [0.5, 0.6) is 11.5 Å². The van der Waals surface area contributed by atoms with Gasteiger partial charge in [-0.25, -0.2) is 4.98 Å². The molecule has 0 saturated carbocycles. The van der Waals surface area contributed by atoms with Crippen molar-refractivity contribution in [3.05, 3.63) is 66.2 Å². The van der Waals surface area contributed by atoms with Crippen LogP contribution >= 0.6 is 0 Å². The van der Waals surface area contributed by atoms with E-state index in [-0.39, 0.29) is 0 Å². The molecule has 5 rings (SSSR count). The van der Waals surface area contributed by atoms with Crippen molar-refractivity contribution < 1.29 is 27.1 Å². The molecule has 2 heterocycles. The molecular formula is C22H14F3NO3. The number of alkyl halides is 3. The molecule has 7 heteroatoms. The Morgan fingerprint density at radius 1 is 0.724 bits per heavy atom. The second-order valence-corrected chi connectivity index (χ2v) is 6.64. The van der Waals surface area contributed by atoms with Crippen LogP contribution in [-0.4, -0.2) is 18.2 Å².